The van der Waals surface area contributed by atoms with Gasteiger partial charge in [-0.3, -0.25) is 9.48 Å². The Labute approximate surface area is 147 Å². The fourth-order valence-corrected chi connectivity index (χ4v) is 2.66. The van der Waals surface area contributed by atoms with Crippen molar-refractivity contribution in [1.82, 2.24) is 20.3 Å². The molecule has 0 fully saturated rings. The van der Waals surface area contributed by atoms with Crippen LogP contribution in [0.15, 0.2) is 66.9 Å². The Morgan fingerprint density at radius 3 is 2.24 bits per heavy atom. The monoisotopic (exact) mass is 334 g/mol. The van der Waals surface area contributed by atoms with Crippen molar-refractivity contribution in [2.75, 3.05) is 6.54 Å². The van der Waals surface area contributed by atoms with E-state index >= 15 is 0 Å². The molecule has 0 bridgehead atoms. The molecular formula is C20H22N4O. The lowest BCUT2D eigenvalue weighted by Gasteiger charge is -2.03. The molecule has 25 heavy (non-hydrogen) atoms. The minimum Gasteiger partial charge on any atom is -0.350 e. The van der Waals surface area contributed by atoms with Crippen LogP contribution in [0, 0.1) is 0 Å². The number of aromatic nitrogens is 3. The second-order valence-electron chi connectivity index (χ2n) is 5.95. The van der Waals surface area contributed by atoms with Crippen LogP contribution in [-0.2, 0) is 19.4 Å². The predicted octanol–water partition coefficient (Wildman–Crippen LogP) is 2.88. The van der Waals surface area contributed by atoms with E-state index in [0.29, 0.717) is 12.2 Å². The van der Waals surface area contributed by atoms with Gasteiger partial charge in [0.2, 0.25) is 0 Å². The molecule has 128 valence electrons. The number of carbonyl (C=O) groups excluding carboxylic acids is 1. The quantitative estimate of drug-likeness (QED) is 0.689. The van der Waals surface area contributed by atoms with E-state index in [1.165, 1.54) is 11.1 Å². The van der Waals surface area contributed by atoms with Crippen LogP contribution in [0.25, 0.3) is 0 Å². The Balaban J connectivity index is 1.42. The van der Waals surface area contributed by atoms with Crippen molar-refractivity contribution >= 4 is 5.91 Å². The Hall–Kier alpha value is -2.95. The number of hydrogen-bond donors (Lipinski definition) is 1. The Morgan fingerprint density at radius 1 is 0.920 bits per heavy atom. The number of rotatable bonds is 8. The van der Waals surface area contributed by atoms with Crippen LogP contribution in [-0.4, -0.2) is 27.4 Å². The maximum absolute atomic E-state index is 12.1. The minimum absolute atomic E-state index is 0.176. The predicted molar refractivity (Wildman–Crippen MR) is 97.3 cm³/mol. The Bertz CT molecular complexity index is 784. The van der Waals surface area contributed by atoms with Gasteiger partial charge in [-0.05, 0) is 30.4 Å². The second-order valence-corrected chi connectivity index (χ2v) is 5.95. The van der Waals surface area contributed by atoms with Crippen LogP contribution in [0.4, 0.5) is 0 Å². The zero-order chi connectivity index (χ0) is 17.3. The average Bonchev–Trinajstić information content (AvgIpc) is 3.12. The second kappa shape index (κ2) is 8.78. The van der Waals surface area contributed by atoms with Crippen LogP contribution in [0.2, 0.25) is 0 Å². The topological polar surface area (TPSA) is 59.8 Å². The summed E-state index contributed by atoms with van der Waals surface area (Å²) in [4.78, 5) is 12.1. The average molecular weight is 334 g/mol. The van der Waals surface area contributed by atoms with Gasteiger partial charge in [-0.2, -0.15) is 0 Å². The molecule has 0 saturated carbocycles. The third-order valence-electron chi connectivity index (χ3n) is 4.01. The van der Waals surface area contributed by atoms with Crippen molar-refractivity contribution in [3.63, 3.8) is 0 Å². The lowest BCUT2D eigenvalue weighted by molar-refractivity contribution is 0.0949. The molecule has 0 radical (unpaired) electrons. The summed E-state index contributed by atoms with van der Waals surface area (Å²) < 4.78 is 1.73. The van der Waals surface area contributed by atoms with Gasteiger partial charge in [0.05, 0.1) is 6.20 Å². The highest BCUT2D eigenvalue weighted by atomic mass is 16.2. The SMILES string of the molecule is O=C(NCCc1ccccc1)c1cn(CCCc2ccccc2)nn1. The lowest BCUT2D eigenvalue weighted by atomic mass is 10.1. The molecule has 3 rings (SSSR count). The minimum atomic E-state index is -0.176. The third-order valence-corrected chi connectivity index (χ3v) is 4.01. The molecule has 1 amide bonds. The molecule has 0 aliphatic heterocycles. The molecule has 0 atom stereocenters. The van der Waals surface area contributed by atoms with E-state index < -0.39 is 0 Å². The number of hydrogen-bond acceptors (Lipinski definition) is 3. The summed E-state index contributed by atoms with van der Waals surface area (Å²) in [6.07, 6.45) is 4.46. The van der Waals surface area contributed by atoms with Crippen molar-refractivity contribution < 1.29 is 4.79 Å². The van der Waals surface area contributed by atoms with E-state index in [1.54, 1.807) is 10.9 Å². The van der Waals surface area contributed by atoms with Crippen LogP contribution in [0.1, 0.15) is 28.0 Å². The van der Waals surface area contributed by atoms with E-state index in [1.807, 2.05) is 36.4 Å². The van der Waals surface area contributed by atoms with E-state index in [-0.39, 0.29) is 5.91 Å². The normalized spacial score (nSPS) is 10.6. The highest BCUT2D eigenvalue weighted by Crippen LogP contribution is 2.04. The van der Waals surface area contributed by atoms with Gasteiger partial charge in [0, 0.05) is 13.1 Å². The first-order valence-electron chi connectivity index (χ1n) is 8.57. The number of benzene rings is 2. The summed E-state index contributed by atoms with van der Waals surface area (Å²) >= 11 is 0. The van der Waals surface area contributed by atoms with Gasteiger partial charge in [0.15, 0.2) is 5.69 Å². The maximum atomic E-state index is 12.1. The van der Waals surface area contributed by atoms with Gasteiger partial charge in [-0.25, -0.2) is 0 Å². The van der Waals surface area contributed by atoms with Crippen molar-refractivity contribution in [1.29, 1.82) is 0 Å². The van der Waals surface area contributed by atoms with E-state index in [2.05, 4.69) is 39.9 Å². The van der Waals surface area contributed by atoms with Crippen molar-refractivity contribution in [2.24, 2.45) is 0 Å². The molecule has 1 heterocycles. The summed E-state index contributed by atoms with van der Waals surface area (Å²) in [7, 11) is 0. The third kappa shape index (κ3) is 5.28. The number of nitrogens with one attached hydrogen (secondary N) is 1. The highest BCUT2D eigenvalue weighted by Gasteiger charge is 2.10. The molecule has 1 N–H and O–H groups in total. The first kappa shape index (κ1) is 16.9. The zero-order valence-corrected chi connectivity index (χ0v) is 14.1. The van der Waals surface area contributed by atoms with Gasteiger partial charge >= 0.3 is 0 Å². The number of amides is 1. The summed E-state index contributed by atoms with van der Waals surface area (Å²) in [6.45, 7) is 1.34. The van der Waals surface area contributed by atoms with Crippen LogP contribution in [0.5, 0.6) is 0 Å². The van der Waals surface area contributed by atoms with E-state index in [0.717, 1.165) is 25.8 Å². The van der Waals surface area contributed by atoms with Crippen molar-refractivity contribution in [2.45, 2.75) is 25.8 Å². The molecule has 0 spiro atoms. The maximum Gasteiger partial charge on any atom is 0.273 e. The number of carbonyl (C=O) groups is 1. The molecule has 5 heteroatoms. The Kier molecular flexibility index (Phi) is 5.93. The molecule has 0 saturated heterocycles. The first-order chi connectivity index (χ1) is 12.3. The Morgan fingerprint density at radius 2 is 1.56 bits per heavy atom. The fraction of sp³-hybridized carbons (Fsp3) is 0.250. The van der Waals surface area contributed by atoms with Crippen molar-refractivity contribution in [3.05, 3.63) is 83.7 Å². The van der Waals surface area contributed by atoms with Crippen LogP contribution >= 0.6 is 0 Å². The summed E-state index contributed by atoms with van der Waals surface area (Å²) in [5.41, 5.74) is 2.88. The van der Waals surface area contributed by atoms with E-state index in [9.17, 15) is 4.79 Å². The highest BCUT2D eigenvalue weighted by molar-refractivity contribution is 5.91. The summed E-state index contributed by atoms with van der Waals surface area (Å²) in [6, 6.07) is 20.4. The largest absolute Gasteiger partial charge is 0.350 e. The first-order valence-corrected chi connectivity index (χ1v) is 8.57. The van der Waals surface area contributed by atoms with Gasteiger partial charge in [0.1, 0.15) is 0 Å². The number of nitrogens with zero attached hydrogens (tertiary/aromatic N) is 3. The molecule has 0 unspecified atom stereocenters. The summed E-state index contributed by atoms with van der Waals surface area (Å²) in [5, 5.41) is 10.9. The molecular weight excluding hydrogens is 312 g/mol. The van der Waals surface area contributed by atoms with Crippen LogP contribution in [0.3, 0.4) is 0 Å². The molecule has 0 aliphatic rings. The summed E-state index contributed by atoms with van der Waals surface area (Å²) in [5.74, 6) is -0.176. The molecule has 5 nitrogen and oxygen atoms in total. The van der Waals surface area contributed by atoms with Crippen LogP contribution < -0.4 is 5.32 Å². The van der Waals surface area contributed by atoms with Gasteiger partial charge in [-0.1, -0.05) is 65.9 Å². The van der Waals surface area contributed by atoms with Gasteiger partial charge in [-0.15, -0.1) is 5.10 Å². The van der Waals surface area contributed by atoms with Gasteiger partial charge < -0.3 is 5.32 Å². The molecule has 3 aromatic rings. The van der Waals surface area contributed by atoms with Crippen molar-refractivity contribution in [3.8, 4) is 0 Å². The zero-order valence-electron chi connectivity index (χ0n) is 14.1. The standard InChI is InChI=1S/C20H22N4O/c25-20(21-14-13-18-10-5-2-6-11-18)19-16-24(23-22-19)15-7-12-17-8-3-1-4-9-17/h1-6,8-11,16H,7,12-15H2,(H,21,25). The number of aryl methyl sites for hydroxylation is 2. The van der Waals surface area contributed by atoms with E-state index in [4.69, 9.17) is 0 Å². The lowest BCUT2D eigenvalue weighted by Crippen LogP contribution is -2.26. The smallest absolute Gasteiger partial charge is 0.273 e. The molecule has 0 aliphatic carbocycles. The van der Waals surface area contributed by atoms with Gasteiger partial charge in [0.25, 0.3) is 5.91 Å². The molecule has 1 aromatic heterocycles. The fourth-order valence-electron chi connectivity index (χ4n) is 2.66. The molecule has 2 aromatic carbocycles.